The molecule has 0 saturated carbocycles. The summed E-state index contributed by atoms with van der Waals surface area (Å²) in [5.41, 5.74) is 0.722. The molecule has 0 fully saturated rings. The van der Waals surface area contributed by atoms with Crippen LogP contribution >= 0.6 is 0 Å². The number of rotatable bonds is 2. The van der Waals surface area contributed by atoms with E-state index in [0.717, 1.165) is 5.56 Å². The van der Waals surface area contributed by atoms with Gasteiger partial charge in [-0.2, -0.15) is 14.0 Å². The molecule has 0 N–H and O–H groups in total. The van der Waals surface area contributed by atoms with Crippen molar-refractivity contribution in [1.82, 2.24) is 0 Å². The predicted molar refractivity (Wildman–Crippen MR) is 44.4 cm³/mol. The fraction of sp³-hybridized carbons (Fsp3) is 0.400. The van der Waals surface area contributed by atoms with Crippen LogP contribution < -0.4 is 14.0 Å². The number of ether oxygens (including phenoxy) is 1. The Kier molecular flexibility index (Phi) is 2.70. The van der Waals surface area contributed by atoms with Gasteiger partial charge in [-0.25, -0.2) is 0 Å². The largest absolute Gasteiger partial charge is 0.341 e. The first-order valence-electron chi connectivity index (χ1n) is 4.66. The van der Waals surface area contributed by atoms with Crippen LogP contribution in [0, 0.1) is 10.2 Å². The van der Waals surface area contributed by atoms with Gasteiger partial charge in [-0.05, 0) is 19.4 Å². The zero-order valence-corrected chi connectivity index (χ0v) is 9.56. The Morgan fingerprint density at radius 3 is 2.50 bits per heavy atom. The van der Waals surface area contributed by atoms with E-state index in [1.807, 2.05) is 12.1 Å². The first-order valence-corrected chi connectivity index (χ1v) is 5.89. The van der Waals surface area contributed by atoms with E-state index >= 15 is 0 Å². The standard InChI is InChI=1S/C10H11ClO5/c1-10(2)8-6-4-3-5-7(8)9(15-10)16-11(12,13)14/h3-6,9H,1-2H3. The van der Waals surface area contributed by atoms with Gasteiger partial charge in [0, 0.05) is 5.56 Å². The summed E-state index contributed by atoms with van der Waals surface area (Å²) in [6, 6.07) is 7.03. The van der Waals surface area contributed by atoms with Crippen LogP contribution in [0.2, 0.25) is 0 Å². The normalized spacial score (nSPS) is 23.2. The summed E-state index contributed by atoms with van der Waals surface area (Å²) in [6.45, 7) is 3.56. The maximum atomic E-state index is 10.5. The molecule has 1 aliphatic rings. The van der Waals surface area contributed by atoms with Crippen LogP contribution in [0.1, 0.15) is 31.3 Å². The number of fused-ring (bicyclic) bond motifs is 1. The van der Waals surface area contributed by atoms with Crippen LogP contribution in [0.4, 0.5) is 0 Å². The molecular weight excluding hydrogens is 236 g/mol. The molecule has 5 nitrogen and oxygen atoms in total. The highest BCUT2D eigenvalue weighted by molar-refractivity contribution is 5.35. The molecule has 0 saturated heterocycles. The van der Waals surface area contributed by atoms with Crippen LogP contribution in [-0.4, -0.2) is 0 Å². The first kappa shape index (κ1) is 11.8. The molecule has 88 valence electrons. The zero-order valence-electron chi connectivity index (χ0n) is 8.81. The van der Waals surface area contributed by atoms with E-state index in [0.29, 0.717) is 5.56 Å². The van der Waals surface area contributed by atoms with Crippen molar-refractivity contribution in [3.8, 4) is 0 Å². The fourth-order valence-electron chi connectivity index (χ4n) is 1.81. The molecule has 1 aromatic rings. The second-order valence-electron chi connectivity index (χ2n) is 4.01. The van der Waals surface area contributed by atoms with Gasteiger partial charge < -0.3 is 4.74 Å². The van der Waals surface area contributed by atoms with Crippen molar-refractivity contribution < 1.29 is 33.2 Å². The summed E-state index contributed by atoms with van der Waals surface area (Å²) < 4.78 is 41.3. The van der Waals surface area contributed by atoms with Gasteiger partial charge in [-0.3, -0.25) is 0 Å². The second-order valence-corrected chi connectivity index (χ2v) is 4.95. The van der Waals surface area contributed by atoms with Crippen LogP contribution in [0.15, 0.2) is 24.3 Å². The van der Waals surface area contributed by atoms with Gasteiger partial charge in [0.25, 0.3) is 0 Å². The van der Waals surface area contributed by atoms with E-state index in [1.54, 1.807) is 26.0 Å². The molecule has 0 radical (unpaired) electrons. The van der Waals surface area contributed by atoms with Gasteiger partial charge in [0.05, 0.1) is 15.8 Å². The van der Waals surface area contributed by atoms with Gasteiger partial charge >= 0.3 is 6.29 Å². The lowest BCUT2D eigenvalue weighted by Crippen LogP contribution is -2.61. The molecule has 1 aromatic carbocycles. The molecule has 16 heavy (non-hydrogen) atoms. The summed E-state index contributed by atoms with van der Waals surface area (Å²) in [5.74, 6) is 0. The lowest BCUT2D eigenvalue weighted by molar-refractivity contribution is -1.92. The summed E-state index contributed by atoms with van der Waals surface area (Å²) in [5, 5.41) is 0. The summed E-state index contributed by atoms with van der Waals surface area (Å²) in [6.07, 6.45) is -1.16. The molecule has 0 amide bonds. The third kappa shape index (κ3) is 2.20. The maximum Gasteiger partial charge on any atom is 0.341 e. The Hall–Kier alpha value is -0.690. The van der Waals surface area contributed by atoms with Crippen molar-refractivity contribution in [3.63, 3.8) is 0 Å². The van der Waals surface area contributed by atoms with Gasteiger partial charge in [0.15, 0.2) is 0 Å². The van der Waals surface area contributed by atoms with E-state index in [4.69, 9.17) is 4.74 Å². The Bertz CT molecular complexity index is 396. The van der Waals surface area contributed by atoms with Crippen LogP contribution in [0.3, 0.4) is 0 Å². The average molecular weight is 247 g/mol. The molecule has 2 rings (SSSR count). The van der Waals surface area contributed by atoms with Gasteiger partial charge in [-0.1, -0.05) is 24.3 Å². The number of hydrogen-bond donors (Lipinski definition) is 0. The highest BCUT2D eigenvalue weighted by Crippen LogP contribution is 2.43. The average Bonchev–Trinajstić information content (AvgIpc) is 2.37. The fourth-order valence-corrected chi connectivity index (χ4v) is 2.14. The molecule has 0 spiro atoms. The van der Waals surface area contributed by atoms with Gasteiger partial charge in [0.2, 0.25) is 0 Å². The molecule has 0 aliphatic carbocycles. The van der Waals surface area contributed by atoms with E-state index in [2.05, 4.69) is 4.29 Å². The third-order valence-electron chi connectivity index (χ3n) is 2.46. The highest BCUT2D eigenvalue weighted by Gasteiger charge is 2.45. The minimum Gasteiger partial charge on any atom is -0.325 e. The molecule has 0 bridgehead atoms. The maximum absolute atomic E-state index is 10.5. The van der Waals surface area contributed by atoms with Crippen LogP contribution in [-0.2, 0) is 14.6 Å². The van der Waals surface area contributed by atoms with Crippen molar-refractivity contribution in [2.75, 3.05) is 0 Å². The SMILES string of the molecule is CC1(C)OC(O[Cl+3]([O-])([O-])[O-])c2ccccc21. The van der Waals surface area contributed by atoms with Crippen LogP contribution in [0.5, 0.6) is 0 Å². The van der Waals surface area contributed by atoms with E-state index in [-0.39, 0.29) is 0 Å². The zero-order chi connectivity index (χ0) is 12.0. The predicted octanol–water partition coefficient (Wildman–Crippen LogP) is -1.14. The van der Waals surface area contributed by atoms with Crippen molar-refractivity contribution in [1.29, 1.82) is 0 Å². The lowest BCUT2D eigenvalue weighted by atomic mass is 9.96. The number of benzene rings is 1. The minimum atomic E-state index is -4.50. The van der Waals surface area contributed by atoms with Gasteiger partial charge in [0.1, 0.15) is 4.29 Å². The van der Waals surface area contributed by atoms with Crippen molar-refractivity contribution in [3.05, 3.63) is 35.4 Å². The topological polar surface area (TPSA) is 87.6 Å². The smallest absolute Gasteiger partial charge is 0.325 e. The first-order chi connectivity index (χ1) is 7.30. The molecule has 1 atom stereocenters. The van der Waals surface area contributed by atoms with E-state index in [1.165, 1.54) is 0 Å². The highest BCUT2D eigenvalue weighted by atomic mass is 35.7. The Labute approximate surface area is 95.0 Å². The number of hydrogen-bond acceptors (Lipinski definition) is 5. The molecular formula is C10H11ClO5. The number of halogens is 1. The second kappa shape index (κ2) is 3.66. The molecule has 1 aliphatic heterocycles. The monoisotopic (exact) mass is 246 g/mol. The Balaban J connectivity index is 2.34. The van der Waals surface area contributed by atoms with Crippen molar-refractivity contribution >= 4 is 0 Å². The Morgan fingerprint density at radius 2 is 1.88 bits per heavy atom. The van der Waals surface area contributed by atoms with Crippen molar-refractivity contribution in [2.45, 2.75) is 25.7 Å². The summed E-state index contributed by atoms with van der Waals surface area (Å²) in [4.78, 5) is 0. The quantitative estimate of drug-likeness (QED) is 0.659. The minimum absolute atomic E-state index is 0.569. The molecule has 1 heterocycles. The Morgan fingerprint density at radius 1 is 1.25 bits per heavy atom. The lowest BCUT2D eigenvalue weighted by Gasteiger charge is -2.20. The van der Waals surface area contributed by atoms with Gasteiger partial charge in [-0.15, -0.1) is 0 Å². The molecule has 0 aromatic heterocycles. The summed E-state index contributed by atoms with van der Waals surface area (Å²) >= 11 is 0. The van der Waals surface area contributed by atoms with E-state index < -0.39 is 22.1 Å². The summed E-state index contributed by atoms with van der Waals surface area (Å²) in [7, 11) is -4.50. The molecule has 6 heteroatoms. The van der Waals surface area contributed by atoms with Crippen LogP contribution in [0.25, 0.3) is 0 Å². The van der Waals surface area contributed by atoms with Crippen molar-refractivity contribution in [2.24, 2.45) is 0 Å². The molecule has 1 unspecified atom stereocenters. The van der Waals surface area contributed by atoms with E-state index in [9.17, 15) is 14.0 Å². The third-order valence-corrected chi connectivity index (χ3v) is 2.84.